The molecule has 0 aliphatic heterocycles. The molecule has 0 saturated heterocycles. The van der Waals surface area contributed by atoms with Crippen LogP contribution in [0.4, 0.5) is 23.0 Å². The lowest BCUT2D eigenvalue weighted by atomic mass is 10.3. The van der Waals surface area contributed by atoms with Crippen LogP contribution in [0.2, 0.25) is 0 Å². The fourth-order valence-electron chi connectivity index (χ4n) is 2.12. The summed E-state index contributed by atoms with van der Waals surface area (Å²) in [4.78, 5) is 10.5. The topological polar surface area (TPSA) is 97.6 Å². The van der Waals surface area contributed by atoms with Crippen molar-refractivity contribution >= 4 is 23.0 Å². The molecule has 0 saturated carbocycles. The standard InChI is InChI=1S/C16H24N6O2/c1-23-10-8-22(9-11-24-2)16-14(17)15(18-12-19-16)21-20-13-6-4-3-5-7-13/h3-7,12,20H,8-11,17H2,1-2H3,(H,18,19,21). The molecule has 0 atom stereocenters. The van der Waals surface area contributed by atoms with E-state index in [1.807, 2.05) is 35.2 Å². The first-order chi connectivity index (χ1) is 11.8. The highest BCUT2D eigenvalue weighted by atomic mass is 16.5. The molecule has 8 nitrogen and oxygen atoms in total. The molecule has 130 valence electrons. The SMILES string of the molecule is COCCN(CCOC)c1ncnc(NNc2ccccc2)c1N. The Morgan fingerprint density at radius 1 is 1.00 bits per heavy atom. The first kappa shape index (κ1) is 17.8. The average Bonchev–Trinajstić information content (AvgIpc) is 2.62. The molecule has 1 aromatic carbocycles. The van der Waals surface area contributed by atoms with E-state index in [-0.39, 0.29) is 0 Å². The first-order valence-corrected chi connectivity index (χ1v) is 7.66. The van der Waals surface area contributed by atoms with Crippen LogP contribution in [0.1, 0.15) is 0 Å². The number of aromatic nitrogens is 2. The zero-order chi connectivity index (χ0) is 17.2. The molecule has 0 spiro atoms. The molecule has 4 N–H and O–H groups in total. The lowest BCUT2D eigenvalue weighted by Gasteiger charge is -2.25. The maximum atomic E-state index is 6.24. The molecule has 24 heavy (non-hydrogen) atoms. The van der Waals surface area contributed by atoms with E-state index in [0.29, 0.717) is 43.6 Å². The molecule has 1 heterocycles. The van der Waals surface area contributed by atoms with Gasteiger partial charge in [0.1, 0.15) is 12.0 Å². The van der Waals surface area contributed by atoms with E-state index in [9.17, 15) is 0 Å². The number of rotatable bonds is 10. The van der Waals surface area contributed by atoms with Crippen molar-refractivity contribution in [3.8, 4) is 0 Å². The first-order valence-electron chi connectivity index (χ1n) is 7.66. The number of nitrogens with one attached hydrogen (secondary N) is 2. The van der Waals surface area contributed by atoms with Crippen molar-refractivity contribution < 1.29 is 9.47 Å². The molecule has 0 aliphatic rings. The van der Waals surface area contributed by atoms with Gasteiger partial charge >= 0.3 is 0 Å². The second-order valence-electron chi connectivity index (χ2n) is 5.05. The number of methoxy groups -OCH3 is 2. The number of ether oxygens (including phenoxy) is 2. The monoisotopic (exact) mass is 332 g/mol. The number of nitrogens with zero attached hydrogens (tertiary/aromatic N) is 3. The maximum Gasteiger partial charge on any atom is 0.173 e. The summed E-state index contributed by atoms with van der Waals surface area (Å²) in [5, 5.41) is 0. The van der Waals surface area contributed by atoms with Crippen LogP contribution >= 0.6 is 0 Å². The van der Waals surface area contributed by atoms with Crippen molar-refractivity contribution in [3.63, 3.8) is 0 Å². The van der Waals surface area contributed by atoms with Gasteiger partial charge in [0.05, 0.1) is 18.9 Å². The highest BCUT2D eigenvalue weighted by Crippen LogP contribution is 2.26. The van der Waals surface area contributed by atoms with Crippen LogP contribution in [0.3, 0.4) is 0 Å². The van der Waals surface area contributed by atoms with Gasteiger partial charge in [0.2, 0.25) is 0 Å². The summed E-state index contributed by atoms with van der Waals surface area (Å²) in [6, 6.07) is 9.71. The van der Waals surface area contributed by atoms with E-state index in [1.165, 1.54) is 6.33 Å². The molecule has 1 aromatic heterocycles. The van der Waals surface area contributed by atoms with Gasteiger partial charge in [-0.1, -0.05) is 18.2 Å². The Morgan fingerprint density at radius 3 is 2.29 bits per heavy atom. The number of hydrogen-bond acceptors (Lipinski definition) is 8. The Kier molecular flexibility index (Phi) is 7.06. The minimum absolute atomic E-state index is 0.466. The van der Waals surface area contributed by atoms with Gasteiger partial charge in [0, 0.05) is 27.3 Å². The predicted molar refractivity (Wildman–Crippen MR) is 96.1 cm³/mol. The highest BCUT2D eigenvalue weighted by Gasteiger charge is 2.15. The molecule has 0 fully saturated rings. The summed E-state index contributed by atoms with van der Waals surface area (Å²) in [7, 11) is 3.32. The van der Waals surface area contributed by atoms with Crippen LogP contribution in [-0.2, 0) is 9.47 Å². The van der Waals surface area contributed by atoms with Gasteiger partial charge < -0.3 is 20.1 Å². The predicted octanol–water partition coefficient (Wildman–Crippen LogP) is 1.60. The second kappa shape index (κ2) is 9.53. The molecular weight excluding hydrogens is 308 g/mol. The van der Waals surface area contributed by atoms with Crippen LogP contribution in [0, 0.1) is 0 Å². The van der Waals surface area contributed by atoms with Crippen LogP contribution < -0.4 is 21.5 Å². The molecule has 0 amide bonds. The summed E-state index contributed by atoms with van der Waals surface area (Å²) < 4.78 is 10.3. The van der Waals surface area contributed by atoms with E-state index in [1.54, 1.807) is 14.2 Å². The van der Waals surface area contributed by atoms with Crippen LogP contribution in [0.15, 0.2) is 36.7 Å². The van der Waals surface area contributed by atoms with Crippen LogP contribution in [0.5, 0.6) is 0 Å². The number of nitrogens with two attached hydrogens (primary N) is 1. The molecule has 2 rings (SSSR count). The molecule has 0 aliphatic carbocycles. The smallest absolute Gasteiger partial charge is 0.173 e. The molecule has 0 radical (unpaired) electrons. The van der Waals surface area contributed by atoms with E-state index in [0.717, 1.165) is 5.69 Å². The lowest BCUT2D eigenvalue weighted by Crippen LogP contribution is -2.32. The van der Waals surface area contributed by atoms with Crippen LogP contribution in [-0.4, -0.2) is 50.5 Å². The second-order valence-corrected chi connectivity index (χ2v) is 5.05. The van der Waals surface area contributed by atoms with Crippen molar-refractivity contribution in [3.05, 3.63) is 36.7 Å². The lowest BCUT2D eigenvalue weighted by molar-refractivity contribution is 0.190. The van der Waals surface area contributed by atoms with Gasteiger partial charge in [-0.25, -0.2) is 9.97 Å². The van der Waals surface area contributed by atoms with Crippen molar-refractivity contribution in [1.29, 1.82) is 0 Å². The normalized spacial score (nSPS) is 10.4. The van der Waals surface area contributed by atoms with Crippen molar-refractivity contribution in [1.82, 2.24) is 9.97 Å². The third kappa shape index (κ3) is 4.97. The Bertz CT molecular complexity index is 603. The van der Waals surface area contributed by atoms with Gasteiger partial charge in [-0.3, -0.25) is 10.9 Å². The van der Waals surface area contributed by atoms with E-state index >= 15 is 0 Å². The summed E-state index contributed by atoms with van der Waals surface area (Å²) in [5.74, 6) is 1.17. The average molecular weight is 332 g/mol. The summed E-state index contributed by atoms with van der Waals surface area (Å²) >= 11 is 0. The third-order valence-electron chi connectivity index (χ3n) is 3.39. The van der Waals surface area contributed by atoms with E-state index < -0.39 is 0 Å². The van der Waals surface area contributed by atoms with Crippen molar-refractivity contribution in [2.24, 2.45) is 0 Å². The fraction of sp³-hybridized carbons (Fsp3) is 0.375. The zero-order valence-corrected chi connectivity index (χ0v) is 14.0. The quantitative estimate of drug-likeness (QED) is 0.564. The molecular formula is C16H24N6O2. The van der Waals surface area contributed by atoms with Crippen molar-refractivity contribution in [2.45, 2.75) is 0 Å². The number of benzene rings is 1. The Balaban J connectivity index is 2.11. The van der Waals surface area contributed by atoms with Gasteiger partial charge in [-0.15, -0.1) is 0 Å². The van der Waals surface area contributed by atoms with Crippen molar-refractivity contribution in [2.75, 3.05) is 62.0 Å². The Morgan fingerprint density at radius 2 is 1.67 bits per heavy atom. The number of nitrogen functional groups attached to an aromatic ring is 1. The Labute approximate surface area is 142 Å². The van der Waals surface area contributed by atoms with Gasteiger partial charge in [-0.05, 0) is 12.1 Å². The Hall–Kier alpha value is -2.58. The molecule has 2 aromatic rings. The number of hydrazine groups is 1. The number of anilines is 4. The largest absolute Gasteiger partial charge is 0.393 e. The highest BCUT2D eigenvalue weighted by molar-refractivity contribution is 5.75. The maximum absolute atomic E-state index is 6.24. The molecule has 0 bridgehead atoms. The van der Waals surface area contributed by atoms with Gasteiger partial charge in [-0.2, -0.15) is 0 Å². The van der Waals surface area contributed by atoms with Gasteiger partial charge in [0.15, 0.2) is 11.6 Å². The number of hydrogen-bond donors (Lipinski definition) is 3. The third-order valence-corrected chi connectivity index (χ3v) is 3.39. The molecule has 0 unspecified atom stereocenters. The van der Waals surface area contributed by atoms with Crippen LogP contribution in [0.25, 0.3) is 0 Å². The van der Waals surface area contributed by atoms with Gasteiger partial charge in [0.25, 0.3) is 0 Å². The minimum atomic E-state index is 0.466. The van der Waals surface area contributed by atoms with E-state index in [2.05, 4.69) is 20.8 Å². The zero-order valence-electron chi connectivity index (χ0n) is 14.0. The number of para-hydroxylation sites is 1. The summed E-state index contributed by atoms with van der Waals surface area (Å²) in [6.07, 6.45) is 1.48. The molecule has 8 heteroatoms. The van der Waals surface area contributed by atoms with E-state index in [4.69, 9.17) is 15.2 Å². The summed E-state index contributed by atoms with van der Waals surface area (Å²) in [6.45, 7) is 2.45. The fourth-order valence-corrected chi connectivity index (χ4v) is 2.12. The summed E-state index contributed by atoms with van der Waals surface area (Å²) in [5.41, 5.74) is 13.7. The minimum Gasteiger partial charge on any atom is -0.393 e.